The van der Waals surface area contributed by atoms with E-state index in [1.807, 2.05) is 0 Å². The molecule has 0 saturated carbocycles. The van der Waals surface area contributed by atoms with Crippen LogP contribution in [0.4, 0.5) is 4.39 Å². The predicted octanol–water partition coefficient (Wildman–Crippen LogP) is 2.55. The SMILES string of the molecule is COc1cccc(F)c1C(=O)N(CCC(=O)O)C(C)(C)C. The van der Waals surface area contributed by atoms with Crippen molar-refractivity contribution in [2.45, 2.75) is 32.7 Å². The maximum atomic E-state index is 14.0. The highest BCUT2D eigenvalue weighted by Crippen LogP contribution is 2.26. The van der Waals surface area contributed by atoms with E-state index in [-0.39, 0.29) is 24.3 Å². The lowest BCUT2D eigenvalue weighted by atomic mass is 10.0. The van der Waals surface area contributed by atoms with Crippen molar-refractivity contribution in [3.63, 3.8) is 0 Å². The number of hydrogen-bond donors (Lipinski definition) is 1. The van der Waals surface area contributed by atoms with E-state index < -0.39 is 23.2 Å². The van der Waals surface area contributed by atoms with Crippen LogP contribution in [0.25, 0.3) is 0 Å². The van der Waals surface area contributed by atoms with E-state index in [0.717, 1.165) is 0 Å². The van der Waals surface area contributed by atoms with E-state index in [0.29, 0.717) is 0 Å². The fraction of sp³-hybridized carbons (Fsp3) is 0.467. The molecule has 0 aliphatic rings. The topological polar surface area (TPSA) is 66.8 Å². The molecule has 1 amide bonds. The van der Waals surface area contributed by atoms with Gasteiger partial charge in [-0.05, 0) is 32.9 Å². The van der Waals surface area contributed by atoms with Crippen molar-refractivity contribution in [2.24, 2.45) is 0 Å². The van der Waals surface area contributed by atoms with E-state index in [9.17, 15) is 14.0 Å². The zero-order valence-electron chi connectivity index (χ0n) is 12.6. The summed E-state index contributed by atoms with van der Waals surface area (Å²) in [6.07, 6.45) is -0.209. The molecule has 0 unspecified atom stereocenters. The maximum absolute atomic E-state index is 14.0. The van der Waals surface area contributed by atoms with Crippen LogP contribution in [0.5, 0.6) is 5.75 Å². The monoisotopic (exact) mass is 297 g/mol. The number of nitrogens with zero attached hydrogens (tertiary/aromatic N) is 1. The fourth-order valence-electron chi connectivity index (χ4n) is 1.97. The minimum Gasteiger partial charge on any atom is -0.496 e. The van der Waals surface area contributed by atoms with Crippen LogP contribution in [-0.4, -0.2) is 41.1 Å². The Labute approximate surface area is 123 Å². The van der Waals surface area contributed by atoms with E-state index in [2.05, 4.69) is 0 Å². The molecule has 0 saturated heterocycles. The summed E-state index contributed by atoms with van der Waals surface area (Å²) >= 11 is 0. The highest BCUT2D eigenvalue weighted by atomic mass is 19.1. The summed E-state index contributed by atoms with van der Waals surface area (Å²) in [5, 5.41) is 8.80. The van der Waals surface area contributed by atoms with Crippen LogP contribution in [0, 0.1) is 5.82 Å². The summed E-state index contributed by atoms with van der Waals surface area (Å²) in [6, 6.07) is 4.12. The molecule has 0 bridgehead atoms. The van der Waals surface area contributed by atoms with Gasteiger partial charge < -0.3 is 14.7 Å². The maximum Gasteiger partial charge on any atom is 0.305 e. The number of carbonyl (C=O) groups is 2. The van der Waals surface area contributed by atoms with Crippen LogP contribution in [0.15, 0.2) is 18.2 Å². The van der Waals surface area contributed by atoms with Gasteiger partial charge in [-0.1, -0.05) is 6.07 Å². The number of aliphatic carboxylic acids is 1. The van der Waals surface area contributed by atoms with E-state index >= 15 is 0 Å². The zero-order chi connectivity index (χ0) is 16.2. The molecule has 0 atom stereocenters. The summed E-state index contributed by atoms with van der Waals surface area (Å²) < 4.78 is 19.0. The van der Waals surface area contributed by atoms with Crippen LogP contribution in [0.1, 0.15) is 37.6 Å². The predicted molar refractivity (Wildman–Crippen MR) is 76.0 cm³/mol. The molecule has 6 heteroatoms. The minimum absolute atomic E-state index is 0.00481. The number of amides is 1. The Hall–Kier alpha value is -2.11. The Morgan fingerprint density at radius 2 is 1.95 bits per heavy atom. The Kier molecular flexibility index (Phi) is 5.29. The van der Waals surface area contributed by atoms with Gasteiger partial charge >= 0.3 is 5.97 Å². The lowest BCUT2D eigenvalue weighted by molar-refractivity contribution is -0.137. The smallest absolute Gasteiger partial charge is 0.305 e. The molecule has 0 aliphatic heterocycles. The molecule has 0 heterocycles. The number of hydrogen-bond acceptors (Lipinski definition) is 3. The molecule has 1 aromatic carbocycles. The summed E-state index contributed by atoms with van der Waals surface area (Å²) in [5.74, 6) is -2.16. The quantitative estimate of drug-likeness (QED) is 0.907. The van der Waals surface area contributed by atoms with E-state index in [1.165, 1.54) is 30.2 Å². The van der Waals surface area contributed by atoms with Gasteiger partial charge in [-0.25, -0.2) is 4.39 Å². The third-order valence-electron chi connectivity index (χ3n) is 3.01. The molecule has 0 spiro atoms. The number of ether oxygens (including phenoxy) is 1. The number of methoxy groups -OCH3 is 1. The summed E-state index contributed by atoms with van der Waals surface area (Å²) in [5.41, 5.74) is -0.819. The number of carboxylic acids is 1. The molecule has 1 aromatic rings. The Bertz CT molecular complexity index is 537. The van der Waals surface area contributed by atoms with Crippen molar-refractivity contribution >= 4 is 11.9 Å². The first-order valence-electron chi connectivity index (χ1n) is 6.54. The number of halogens is 1. The number of rotatable bonds is 5. The highest BCUT2D eigenvalue weighted by molar-refractivity contribution is 5.97. The molecule has 5 nitrogen and oxygen atoms in total. The van der Waals surface area contributed by atoms with Gasteiger partial charge in [0.2, 0.25) is 0 Å². The van der Waals surface area contributed by atoms with Crippen molar-refractivity contribution in [3.05, 3.63) is 29.6 Å². The number of carbonyl (C=O) groups excluding carboxylic acids is 1. The molecule has 1 rings (SSSR count). The van der Waals surface area contributed by atoms with Gasteiger partial charge in [-0.15, -0.1) is 0 Å². The second kappa shape index (κ2) is 6.56. The van der Waals surface area contributed by atoms with Gasteiger partial charge in [0.25, 0.3) is 5.91 Å². The van der Waals surface area contributed by atoms with Gasteiger partial charge in [0.1, 0.15) is 17.1 Å². The summed E-state index contributed by atoms with van der Waals surface area (Å²) in [4.78, 5) is 24.7. The Morgan fingerprint density at radius 1 is 1.33 bits per heavy atom. The van der Waals surface area contributed by atoms with E-state index in [1.54, 1.807) is 20.8 Å². The second-order valence-electron chi connectivity index (χ2n) is 5.59. The molecule has 0 aromatic heterocycles. The van der Waals surface area contributed by atoms with Crippen molar-refractivity contribution in [2.75, 3.05) is 13.7 Å². The van der Waals surface area contributed by atoms with Crippen LogP contribution in [0.2, 0.25) is 0 Å². The third kappa shape index (κ3) is 4.18. The third-order valence-corrected chi connectivity index (χ3v) is 3.01. The van der Waals surface area contributed by atoms with Crippen LogP contribution in [0.3, 0.4) is 0 Å². The van der Waals surface area contributed by atoms with Gasteiger partial charge in [0.05, 0.1) is 13.5 Å². The summed E-state index contributed by atoms with van der Waals surface area (Å²) in [6.45, 7) is 5.29. The largest absolute Gasteiger partial charge is 0.496 e. The van der Waals surface area contributed by atoms with Crippen molar-refractivity contribution in [1.82, 2.24) is 4.90 Å². The normalized spacial score (nSPS) is 11.1. The number of carboxylic acid groups (broad SMARTS) is 1. The molecule has 21 heavy (non-hydrogen) atoms. The Balaban J connectivity index is 3.20. The molecular formula is C15H20FNO4. The molecule has 116 valence electrons. The van der Waals surface area contributed by atoms with Crippen molar-refractivity contribution in [3.8, 4) is 5.75 Å². The zero-order valence-corrected chi connectivity index (χ0v) is 12.6. The molecule has 1 N–H and O–H groups in total. The first-order valence-corrected chi connectivity index (χ1v) is 6.54. The Morgan fingerprint density at radius 3 is 2.43 bits per heavy atom. The van der Waals surface area contributed by atoms with Gasteiger partial charge in [-0.2, -0.15) is 0 Å². The second-order valence-corrected chi connectivity index (χ2v) is 5.59. The van der Waals surface area contributed by atoms with Crippen LogP contribution >= 0.6 is 0 Å². The minimum atomic E-state index is -1.02. The average Bonchev–Trinajstić information content (AvgIpc) is 2.36. The molecule has 0 aliphatic carbocycles. The first-order chi connectivity index (χ1) is 9.68. The van der Waals surface area contributed by atoms with Gasteiger partial charge in [0, 0.05) is 12.1 Å². The standard InChI is InChI=1S/C15H20FNO4/c1-15(2,3)17(9-8-12(18)19)14(20)13-10(16)6-5-7-11(13)21-4/h5-7H,8-9H2,1-4H3,(H,18,19). The highest BCUT2D eigenvalue weighted by Gasteiger charge is 2.31. The van der Waals surface area contributed by atoms with Crippen LogP contribution in [-0.2, 0) is 4.79 Å². The summed E-state index contributed by atoms with van der Waals surface area (Å²) in [7, 11) is 1.35. The first kappa shape index (κ1) is 16.9. The lowest BCUT2D eigenvalue weighted by Crippen LogP contribution is -2.47. The van der Waals surface area contributed by atoms with Crippen molar-refractivity contribution < 1.29 is 23.8 Å². The van der Waals surface area contributed by atoms with Gasteiger partial charge in [-0.3, -0.25) is 9.59 Å². The van der Waals surface area contributed by atoms with Crippen LogP contribution < -0.4 is 4.74 Å². The molecular weight excluding hydrogens is 277 g/mol. The number of benzene rings is 1. The van der Waals surface area contributed by atoms with E-state index in [4.69, 9.17) is 9.84 Å². The fourth-order valence-corrected chi connectivity index (χ4v) is 1.97. The molecule has 0 radical (unpaired) electrons. The van der Waals surface area contributed by atoms with Gasteiger partial charge in [0.15, 0.2) is 0 Å². The lowest BCUT2D eigenvalue weighted by Gasteiger charge is -2.35. The van der Waals surface area contributed by atoms with Crippen molar-refractivity contribution in [1.29, 1.82) is 0 Å². The average molecular weight is 297 g/mol. The molecule has 0 fully saturated rings.